The lowest BCUT2D eigenvalue weighted by atomic mass is 10.5. The Balaban J connectivity index is 2.36. The van der Waals surface area contributed by atoms with Crippen LogP contribution >= 0.6 is 11.8 Å². The van der Waals surface area contributed by atoms with E-state index in [-0.39, 0.29) is 0 Å². The van der Waals surface area contributed by atoms with E-state index in [0.29, 0.717) is 16.0 Å². The molecule has 0 amide bonds. The average molecular weight is 266 g/mol. The van der Waals surface area contributed by atoms with Gasteiger partial charge >= 0.3 is 11.1 Å². The lowest BCUT2D eigenvalue weighted by molar-refractivity contribution is 0.596. The van der Waals surface area contributed by atoms with Gasteiger partial charge in [0.25, 0.3) is 0 Å². The van der Waals surface area contributed by atoms with Gasteiger partial charge in [0.2, 0.25) is 0 Å². The van der Waals surface area contributed by atoms with Crippen molar-refractivity contribution in [2.24, 2.45) is 12.9 Å². The maximum Gasteiger partial charge on any atom is 0.339 e. The fourth-order valence-electron chi connectivity index (χ4n) is 1.20. The van der Waals surface area contributed by atoms with Crippen LogP contribution in [0.15, 0.2) is 38.0 Å². The first kappa shape index (κ1) is 12.3. The highest BCUT2D eigenvalue weighted by Crippen LogP contribution is 2.22. The molecule has 18 heavy (non-hydrogen) atoms. The van der Waals surface area contributed by atoms with Gasteiger partial charge < -0.3 is 5.43 Å². The van der Waals surface area contributed by atoms with Gasteiger partial charge in [0.1, 0.15) is 10.8 Å². The summed E-state index contributed by atoms with van der Waals surface area (Å²) in [5.41, 5.74) is 0.830. The summed E-state index contributed by atoms with van der Waals surface area (Å²) in [4.78, 5) is 30.0. The quantitative estimate of drug-likeness (QED) is 0.382. The number of pyridine rings is 1. The fraction of sp³-hybridized carbons (Fsp3) is 0.111. The zero-order chi connectivity index (χ0) is 13.1. The Morgan fingerprint density at radius 1 is 1.39 bits per heavy atom. The zero-order valence-corrected chi connectivity index (χ0v) is 10.2. The zero-order valence-electron chi connectivity index (χ0n) is 9.38. The predicted octanol–water partition coefficient (Wildman–Crippen LogP) is -0.700. The Bertz CT molecular complexity index is 679. The Labute approximate surface area is 105 Å². The van der Waals surface area contributed by atoms with Gasteiger partial charge in [-0.25, -0.2) is 10.8 Å². The minimum Gasteiger partial charge on any atom is -0.308 e. The van der Waals surface area contributed by atoms with Crippen LogP contribution in [0.1, 0.15) is 0 Å². The number of aromatic nitrogens is 4. The highest BCUT2D eigenvalue weighted by atomic mass is 32.2. The predicted molar refractivity (Wildman–Crippen MR) is 66.3 cm³/mol. The number of nitrogens with zero attached hydrogens (tertiary/aromatic N) is 3. The number of nitrogens with one attached hydrogen (secondary N) is 2. The van der Waals surface area contributed by atoms with Crippen molar-refractivity contribution < 1.29 is 0 Å². The summed E-state index contributed by atoms with van der Waals surface area (Å²) in [6.07, 6.45) is 0. The number of hydrogen-bond donors (Lipinski definition) is 3. The van der Waals surface area contributed by atoms with E-state index in [9.17, 15) is 9.59 Å². The molecule has 2 rings (SSSR count). The van der Waals surface area contributed by atoms with Crippen LogP contribution in [0.2, 0.25) is 0 Å². The molecular formula is C9H10N6O2S. The van der Waals surface area contributed by atoms with Gasteiger partial charge in [0, 0.05) is 7.05 Å². The summed E-state index contributed by atoms with van der Waals surface area (Å²) in [7, 11) is 1.58. The molecule has 0 spiro atoms. The van der Waals surface area contributed by atoms with E-state index in [1.165, 1.54) is 4.68 Å². The van der Waals surface area contributed by atoms with E-state index in [2.05, 4.69) is 20.5 Å². The van der Waals surface area contributed by atoms with Gasteiger partial charge in [0.15, 0.2) is 5.16 Å². The van der Waals surface area contributed by atoms with E-state index in [1.807, 2.05) is 0 Å². The van der Waals surface area contributed by atoms with Gasteiger partial charge in [-0.1, -0.05) is 6.07 Å². The molecule has 4 N–H and O–H groups in total. The lowest BCUT2D eigenvalue weighted by Gasteiger charge is -2.06. The lowest BCUT2D eigenvalue weighted by Crippen LogP contribution is -2.33. The van der Waals surface area contributed by atoms with Crippen molar-refractivity contribution >= 4 is 17.6 Å². The number of nitrogens with two attached hydrogens (primary N) is 1. The first-order valence-electron chi connectivity index (χ1n) is 4.89. The van der Waals surface area contributed by atoms with Crippen molar-refractivity contribution in [2.45, 2.75) is 10.2 Å². The Hall–Kier alpha value is -2.13. The third-order valence-corrected chi connectivity index (χ3v) is 3.00. The second-order valence-corrected chi connectivity index (χ2v) is 4.29. The molecular weight excluding hydrogens is 256 g/mol. The molecule has 0 aliphatic rings. The Morgan fingerprint density at radius 2 is 2.17 bits per heavy atom. The number of anilines is 1. The summed E-state index contributed by atoms with van der Waals surface area (Å²) < 4.78 is 1.36. The van der Waals surface area contributed by atoms with Crippen LogP contribution in [0.5, 0.6) is 0 Å². The molecule has 9 heteroatoms. The molecule has 0 saturated carbocycles. The number of nitrogen functional groups attached to an aromatic ring is 1. The molecule has 0 unspecified atom stereocenters. The maximum absolute atomic E-state index is 11.2. The number of aromatic amines is 1. The van der Waals surface area contributed by atoms with Crippen LogP contribution in [0, 0.1) is 0 Å². The number of hydrazine groups is 1. The molecule has 0 radical (unpaired) electrons. The molecule has 2 aromatic heterocycles. The molecule has 2 aromatic rings. The molecule has 2 heterocycles. The summed E-state index contributed by atoms with van der Waals surface area (Å²) in [5, 5.41) is 3.28. The van der Waals surface area contributed by atoms with E-state index < -0.39 is 11.1 Å². The second-order valence-electron chi connectivity index (χ2n) is 3.31. The number of H-pyrrole nitrogens is 1. The monoisotopic (exact) mass is 266 g/mol. The number of rotatable bonds is 3. The van der Waals surface area contributed by atoms with Gasteiger partial charge in [-0.2, -0.15) is 4.98 Å². The third-order valence-electron chi connectivity index (χ3n) is 2.01. The Morgan fingerprint density at radius 3 is 2.89 bits per heavy atom. The first-order chi connectivity index (χ1) is 8.60. The van der Waals surface area contributed by atoms with Crippen molar-refractivity contribution in [3.63, 3.8) is 0 Å². The molecule has 0 aliphatic heterocycles. The largest absolute Gasteiger partial charge is 0.339 e. The second kappa shape index (κ2) is 5.02. The van der Waals surface area contributed by atoms with Crippen LogP contribution in [-0.2, 0) is 7.05 Å². The van der Waals surface area contributed by atoms with Crippen LogP contribution in [-0.4, -0.2) is 19.7 Å². The van der Waals surface area contributed by atoms with Gasteiger partial charge in [-0.05, 0) is 23.9 Å². The standard InChI is InChI=1S/C9H10N6O2S/c1-15-9(12-7(16)8(17)14-15)18-6-4-2-3-5(11-6)13-10/h2-4H,10H2,1H3,(H,11,13)(H,14,17). The molecule has 0 aromatic carbocycles. The molecule has 94 valence electrons. The SMILES string of the molecule is Cn1[nH]c(=O)c(=O)nc1Sc1cccc(NN)n1. The maximum atomic E-state index is 11.2. The summed E-state index contributed by atoms with van der Waals surface area (Å²) in [5.74, 6) is 5.74. The van der Waals surface area contributed by atoms with Crippen LogP contribution in [0.3, 0.4) is 0 Å². The minimum absolute atomic E-state index is 0.335. The average Bonchev–Trinajstić information content (AvgIpc) is 2.36. The van der Waals surface area contributed by atoms with Crippen molar-refractivity contribution in [1.29, 1.82) is 0 Å². The molecule has 0 saturated heterocycles. The first-order valence-corrected chi connectivity index (χ1v) is 5.70. The van der Waals surface area contributed by atoms with Gasteiger partial charge in [0.05, 0.1) is 0 Å². The summed E-state index contributed by atoms with van der Waals surface area (Å²) >= 11 is 1.14. The molecule has 0 atom stereocenters. The Kier molecular flexibility index (Phi) is 3.44. The number of aryl methyl sites for hydroxylation is 1. The fourth-order valence-corrected chi connectivity index (χ4v) is 1.99. The van der Waals surface area contributed by atoms with Gasteiger partial charge in [-0.15, -0.1) is 0 Å². The van der Waals surface area contributed by atoms with Crippen molar-refractivity contribution in [3.8, 4) is 0 Å². The van der Waals surface area contributed by atoms with Gasteiger partial charge in [-0.3, -0.25) is 19.4 Å². The van der Waals surface area contributed by atoms with Crippen LogP contribution in [0.4, 0.5) is 5.82 Å². The number of hydrogen-bond acceptors (Lipinski definition) is 7. The topological polar surface area (TPSA) is 119 Å². The minimum atomic E-state index is -0.830. The van der Waals surface area contributed by atoms with E-state index in [1.54, 1.807) is 25.2 Å². The molecule has 8 nitrogen and oxygen atoms in total. The van der Waals surface area contributed by atoms with Crippen LogP contribution < -0.4 is 22.4 Å². The normalized spacial score (nSPS) is 10.3. The summed E-state index contributed by atoms with van der Waals surface area (Å²) in [6.45, 7) is 0. The summed E-state index contributed by atoms with van der Waals surface area (Å²) in [6, 6.07) is 5.19. The van der Waals surface area contributed by atoms with Crippen LogP contribution in [0.25, 0.3) is 0 Å². The van der Waals surface area contributed by atoms with E-state index in [4.69, 9.17) is 5.84 Å². The van der Waals surface area contributed by atoms with Crippen molar-refractivity contribution in [2.75, 3.05) is 5.43 Å². The smallest absolute Gasteiger partial charge is 0.308 e. The van der Waals surface area contributed by atoms with E-state index >= 15 is 0 Å². The molecule has 0 aliphatic carbocycles. The molecule has 0 bridgehead atoms. The van der Waals surface area contributed by atoms with E-state index in [0.717, 1.165) is 11.8 Å². The molecule has 0 fully saturated rings. The van der Waals surface area contributed by atoms with Crippen molar-refractivity contribution in [3.05, 3.63) is 38.9 Å². The highest BCUT2D eigenvalue weighted by Gasteiger charge is 2.07. The van der Waals surface area contributed by atoms with Crippen molar-refractivity contribution in [1.82, 2.24) is 19.7 Å². The highest BCUT2D eigenvalue weighted by molar-refractivity contribution is 7.99. The third kappa shape index (κ3) is 2.57.